The predicted octanol–water partition coefficient (Wildman–Crippen LogP) is 2.76. The van der Waals surface area contributed by atoms with Crippen molar-refractivity contribution in [2.24, 2.45) is 17.8 Å². The second kappa shape index (κ2) is 11.4. The Hall–Kier alpha value is -3.69. The molecule has 2 aromatic rings. The van der Waals surface area contributed by atoms with Crippen LogP contribution in [-0.4, -0.2) is 71.0 Å². The topological polar surface area (TPSA) is 138 Å². The van der Waals surface area contributed by atoms with Crippen LogP contribution < -0.4 is 15.4 Å². The largest absolute Gasteiger partial charge is 0.496 e. The fourth-order valence-corrected chi connectivity index (χ4v) is 6.83. The molecule has 1 aromatic heterocycles. The molecular weight excluding hydrogens is 512 g/mol. The smallest absolute Gasteiger partial charge is 0.289 e. The number of hydrogen-bond acceptors (Lipinski definition) is 6. The number of nitrogens with zero attached hydrogens (tertiary/aromatic N) is 1. The van der Waals surface area contributed by atoms with Crippen molar-refractivity contribution >= 4 is 40.2 Å². The Morgan fingerprint density at radius 1 is 1.10 bits per heavy atom. The maximum atomic E-state index is 13.9. The van der Waals surface area contributed by atoms with Crippen molar-refractivity contribution in [1.29, 1.82) is 0 Å². The van der Waals surface area contributed by atoms with Crippen LogP contribution in [0.3, 0.4) is 0 Å². The first-order valence-corrected chi connectivity index (χ1v) is 14.3. The summed E-state index contributed by atoms with van der Waals surface area (Å²) in [6.45, 7) is 3.95. The molecule has 0 radical (unpaired) electrons. The molecule has 1 aromatic carbocycles. The molecule has 2 saturated carbocycles. The van der Waals surface area contributed by atoms with Crippen molar-refractivity contribution in [2.45, 2.75) is 76.9 Å². The van der Waals surface area contributed by atoms with Crippen LogP contribution >= 0.6 is 0 Å². The molecule has 3 N–H and O–H groups in total. The number of benzene rings is 1. The summed E-state index contributed by atoms with van der Waals surface area (Å²) in [7, 11) is 1.57. The molecule has 0 spiro atoms. The van der Waals surface area contributed by atoms with Crippen LogP contribution in [0.2, 0.25) is 0 Å². The average molecular weight is 551 g/mol. The molecule has 3 aliphatic rings. The number of nitrogens with one attached hydrogen (secondary N) is 3. The third kappa shape index (κ3) is 5.36. The summed E-state index contributed by atoms with van der Waals surface area (Å²) in [5.41, 5.74) is 1.11. The third-order valence-corrected chi connectivity index (χ3v) is 8.72. The number of likely N-dealkylation sites (tertiary alicyclic amines) is 1. The van der Waals surface area contributed by atoms with E-state index < -0.39 is 29.7 Å². The number of rotatable bonds is 9. The number of aromatic nitrogens is 1. The quantitative estimate of drug-likeness (QED) is 0.411. The monoisotopic (exact) mass is 550 g/mol. The van der Waals surface area contributed by atoms with Gasteiger partial charge in [-0.05, 0) is 76.0 Å². The van der Waals surface area contributed by atoms with Gasteiger partial charge in [-0.1, -0.05) is 12.5 Å². The van der Waals surface area contributed by atoms with Crippen LogP contribution in [-0.2, 0) is 19.2 Å². The second-order valence-electron chi connectivity index (χ2n) is 11.7. The zero-order valence-corrected chi connectivity index (χ0v) is 23.3. The number of aromatic amines is 1. The van der Waals surface area contributed by atoms with E-state index in [0.717, 1.165) is 36.6 Å². The normalized spacial score (nSPS) is 24.8. The number of methoxy groups -OCH3 is 1. The molecule has 40 heavy (non-hydrogen) atoms. The number of amides is 3. The second-order valence-corrected chi connectivity index (χ2v) is 11.7. The van der Waals surface area contributed by atoms with E-state index in [0.29, 0.717) is 30.8 Å². The van der Waals surface area contributed by atoms with E-state index in [2.05, 4.69) is 15.6 Å². The Balaban J connectivity index is 1.40. The highest BCUT2D eigenvalue weighted by molar-refractivity contribution is 6.38. The minimum absolute atomic E-state index is 0.0313. The van der Waals surface area contributed by atoms with Gasteiger partial charge in [0, 0.05) is 35.8 Å². The summed E-state index contributed by atoms with van der Waals surface area (Å²) in [6, 6.07) is 5.11. The maximum absolute atomic E-state index is 13.9. The number of Topliss-reactive ketones (excluding diaryl/α,β-unsaturated/α-hetero) is 2. The van der Waals surface area contributed by atoms with E-state index in [1.54, 1.807) is 31.9 Å². The number of carbonyl (C=O) groups is 5. The molecule has 3 fully saturated rings. The molecule has 2 heterocycles. The van der Waals surface area contributed by atoms with Crippen molar-refractivity contribution in [3.05, 3.63) is 30.0 Å². The lowest BCUT2D eigenvalue weighted by atomic mass is 9.91. The van der Waals surface area contributed by atoms with Gasteiger partial charge in [-0.15, -0.1) is 0 Å². The first-order valence-electron chi connectivity index (χ1n) is 14.3. The number of fused-ring (bicyclic) bond motifs is 2. The van der Waals surface area contributed by atoms with E-state index in [1.807, 2.05) is 18.2 Å². The van der Waals surface area contributed by atoms with E-state index in [4.69, 9.17) is 4.74 Å². The van der Waals surface area contributed by atoms with Crippen molar-refractivity contribution in [3.8, 4) is 5.75 Å². The minimum atomic E-state index is -1.13. The lowest BCUT2D eigenvalue weighted by Crippen LogP contribution is -2.55. The van der Waals surface area contributed by atoms with Gasteiger partial charge in [0.15, 0.2) is 0 Å². The molecule has 1 saturated heterocycles. The molecule has 2 aliphatic carbocycles. The van der Waals surface area contributed by atoms with Crippen molar-refractivity contribution in [1.82, 2.24) is 20.5 Å². The van der Waals surface area contributed by atoms with E-state index in [9.17, 15) is 24.0 Å². The fraction of sp³-hybridized carbons (Fsp3) is 0.567. The van der Waals surface area contributed by atoms with Crippen LogP contribution in [0.15, 0.2) is 24.3 Å². The summed E-state index contributed by atoms with van der Waals surface area (Å²) in [4.78, 5) is 70.8. The number of carbonyl (C=O) groups excluding carboxylic acids is 5. The molecular formula is C30H38N4O6. The molecule has 0 bridgehead atoms. The molecule has 5 unspecified atom stereocenters. The zero-order chi connectivity index (χ0) is 28.6. The Labute approximate surface area is 233 Å². The van der Waals surface area contributed by atoms with Gasteiger partial charge in [-0.3, -0.25) is 24.0 Å². The van der Waals surface area contributed by atoms with E-state index in [1.165, 1.54) is 0 Å². The number of ketones is 2. The van der Waals surface area contributed by atoms with Crippen LogP contribution in [0.25, 0.3) is 10.9 Å². The summed E-state index contributed by atoms with van der Waals surface area (Å²) in [5.74, 6) is -1.80. The highest BCUT2D eigenvalue weighted by Gasteiger charge is 2.50. The van der Waals surface area contributed by atoms with Crippen LogP contribution in [0.5, 0.6) is 5.75 Å². The first-order chi connectivity index (χ1) is 19.2. The summed E-state index contributed by atoms with van der Waals surface area (Å²) in [6.07, 6.45) is 4.61. The summed E-state index contributed by atoms with van der Waals surface area (Å²) in [5, 5.41) is 6.21. The number of H-pyrrole nitrogens is 1. The SMILES string of the molecule is COc1cccc2[nH]c(C(=O)N3CC4CCCC4C3C(=O)NC(CC3CCCC3=O)C(=O)C(=O)NC(C)C)cc12. The predicted molar refractivity (Wildman–Crippen MR) is 148 cm³/mol. The van der Waals surface area contributed by atoms with Crippen molar-refractivity contribution in [3.63, 3.8) is 0 Å². The lowest BCUT2D eigenvalue weighted by Gasteiger charge is -2.29. The van der Waals surface area contributed by atoms with Gasteiger partial charge in [0.05, 0.1) is 13.2 Å². The van der Waals surface area contributed by atoms with Gasteiger partial charge in [0.1, 0.15) is 23.3 Å². The van der Waals surface area contributed by atoms with Crippen molar-refractivity contribution in [2.75, 3.05) is 13.7 Å². The maximum Gasteiger partial charge on any atom is 0.289 e. The Morgan fingerprint density at radius 3 is 2.60 bits per heavy atom. The highest BCUT2D eigenvalue weighted by atomic mass is 16.5. The Kier molecular flexibility index (Phi) is 7.96. The molecule has 10 heteroatoms. The molecule has 10 nitrogen and oxygen atoms in total. The minimum Gasteiger partial charge on any atom is -0.496 e. The summed E-state index contributed by atoms with van der Waals surface area (Å²) < 4.78 is 5.44. The standard InChI is InChI=1S/C30H38N4O6/c1-16(2)31-29(38)27(36)22(13-17-7-5-11-24(17)35)33-28(37)26-19-9-4-8-18(19)15-34(26)30(39)23-14-20-21(32-23)10-6-12-25(20)40-3/h6,10,12,14,16-19,22,26,32H,4-5,7-9,11,13,15H2,1-3H3,(H,31,38)(H,33,37). The number of hydrogen-bond donors (Lipinski definition) is 3. The Bertz CT molecular complexity index is 1330. The van der Waals surface area contributed by atoms with Crippen LogP contribution in [0, 0.1) is 17.8 Å². The fourth-order valence-electron chi connectivity index (χ4n) is 6.83. The van der Waals surface area contributed by atoms with Gasteiger partial charge in [-0.2, -0.15) is 0 Å². The Morgan fingerprint density at radius 2 is 1.90 bits per heavy atom. The molecule has 214 valence electrons. The molecule has 5 rings (SSSR count). The van der Waals surface area contributed by atoms with Gasteiger partial charge in [-0.25, -0.2) is 0 Å². The average Bonchev–Trinajstić information content (AvgIpc) is 3.70. The van der Waals surface area contributed by atoms with Gasteiger partial charge < -0.3 is 25.3 Å². The van der Waals surface area contributed by atoms with E-state index >= 15 is 0 Å². The molecule has 1 aliphatic heterocycles. The number of ether oxygens (including phenoxy) is 1. The first kappa shape index (κ1) is 27.9. The summed E-state index contributed by atoms with van der Waals surface area (Å²) >= 11 is 0. The molecule has 5 atom stereocenters. The van der Waals surface area contributed by atoms with Gasteiger partial charge in [0.2, 0.25) is 11.7 Å². The van der Waals surface area contributed by atoms with Crippen LogP contribution in [0.4, 0.5) is 0 Å². The van der Waals surface area contributed by atoms with Gasteiger partial charge >= 0.3 is 0 Å². The van der Waals surface area contributed by atoms with E-state index in [-0.39, 0.29) is 41.9 Å². The van der Waals surface area contributed by atoms with Crippen LogP contribution in [0.1, 0.15) is 69.3 Å². The highest BCUT2D eigenvalue weighted by Crippen LogP contribution is 2.43. The van der Waals surface area contributed by atoms with Crippen molar-refractivity contribution < 1.29 is 28.7 Å². The zero-order valence-electron chi connectivity index (χ0n) is 23.3. The van der Waals surface area contributed by atoms with Gasteiger partial charge in [0.25, 0.3) is 11.8 Å². The third-order valence-electron chi connectivity index (χ3n) is 8.72. The molecule has 3 amide bonds. The lowest BCUT2D eigenvalue weighted by molar-refractivity contribution is -0.141.